The quantitative estimate of drug-likeness (QED) is 0.478. The summed E-state index contributed by atoms with van der Waals surface area (Å²) in [5, 5.41) is 10.7. The zero-order valence-electron chi connectivity index (χ0n) is 10.4. The highest BCUT2D eigenvalue weighted by Crippen LogP contribution is 2.29. The summed E-state index contributed by atoms with van der Waals surface area (Å²) >= 11 is 0. The van der Waals surface area contributed by atoms with Crippen molar-refractivity contribution in [2.24, 2.45) is 0 Å². The third kappa shape index (κ3) is 4.07. The number of aryl methyl sites for hydroxylation is 1. The first-order valence-electron chi connectivity index (χ1n) is 5.11. The van der Waals surface area contributed by atoms with Gasteiger partial charge in [0, 0.05) is 11.6 Å². The summed E-state index contributed by atoms with van der Waals surface area (Å²) < 4.78 is 44.6. The van der Waals surface area contributed by atoms with Gasteiger partial charge in [-0.1, -0.05) is 0 Å². The van der Waals surface area contributed by atoms with Crippen LogP contribution in [0.15, 0.2) is 6.07 Å². The third-order valence-electron chi connectivity index (χ3n) is 2.20. The second-order valence-electron chi connectivity index (χ2n) is 3.62. The molecule has 1 rings (SSSR count). The Morgan fingerprint density at radius 3 is 2.55 bits per heavy atom. The molecule has 0 fully saturated rings. The number of halogens is 3. The Morgan fingerprint density at radius 2 is 2.10 bits per heavy atom. The van der Waals surface area contributed by atoms with Gasteiger partial charge in [-0.2, -0.15) is 0 Å². The monoisotopic (exact) mass is 294 g/mol. The largest absolute Gasteiger partial charge is 0.574 e. The van der Waals surface area contributed by atoms with E-state index in [0.29, 0.717) is 0 Å². The van der Waals surface area contributed by atoms with Crippen molar-refractivity contribution in [2.45, 2.75) is 19.7 Å². The number of carbonyl (C=O) groups excluding carboxylic acids is 1. The third-order valence-corrected chi connectivity index (χ3v) is 2.20. The maximum absolute atomic E-state index is 12.2. The molecule has 0 aromatic carbocycles. The number of pyridine rings is 1. The average molecular weight is 294 g/mol. The van der Waals surface area contributed by atoms with Crippen molar-refractivity contribution in [2.75, 3.05) is 7.11 Å². The minimum atomic E-state index is -5.03. The number of carbonyl (C=O) groups is 1. The van der Waals surface area contributed by atoms with E-state index in [0.717, 1.165) is 20.1 Å². The van der Waals surface area contributed by atoms with Crippen molar-refractivity contribution in [1.29, 1.82) is 0 Å². The van der Waals surface area contributed by atoms with E-state index in [-0.39, 0.29) is 11.3 Å². The lowest BCUT2D eigenvalue weighted by molar-refractivity contribution is -0.385. The number of esters is 1. The molecule has 0 aliphatic rings. The van der Waals surface area contributed by atoms with Gasteiger partial charge in [0.15, 0.2) is 0 Å². The summed E-state index contributed by atoms with van der Waals surface area (Å²) in [7, 11) is 1.03. The highest BCUT2D eigenvalue weighted by atomic mass is 19.4. The number of hydrogen-bond donors (Lipinski definition) is 0. The minimum absolute atomic E-state index is 0.261. The van der Waals surface area contributed by atoms with E-state index < -0.39 is 35.2 Å². The van der Waals surface area contributed by atoms with Gasteiger partial charge < -0.3 is 9.47 Å². The van der Waals surface area contributed by atoms with Gasteiger partial charge in [0.1, 0.15) is 5.69 Å². The molecule has 0 unspecified atom stereocenters. The van der Waals surface area contributed by atoms with Gasteiger partial charge in [-0.15, -0.1) is 13.2 Å². The first kappa shape index (κ1) is 15.7. The Kier molecular flexibility index (Phi) is 4.48. The number of rotatable bonds is 4. The molecule has 1 aromatic heterocycles. The van der Waals surface area contributed by atoms with E-state index in [2.05, 4.69) is 14.5 Å². The molecule has 0 atom stereocenters. The predicted octanol–water partition coefficient (Wildman–Crippen LogP) is 1.91. The van der Waals surface area contributed by atoms with Crippen LogP contribution in [-0.2, 0) is 16.0 Å². The van der Waals surface area contributed by atoms with Crippen LogP contribution >= 0.6 is 0 Å². The molecular weight excluding hydrogens is 285 g/mol. The Balaban J connectivity index is 3.29. The first-order valence-corrected chi connectivity index (χ1v) is 5.11. The molecule has 0 aliphatic heterocycles. The zero-order chi connectivity index (χ0) is 15.5. The summed E-state index contributed by atoms with van der Waals surface area (Å²) in [4.78, 5) is 24.4. The number of aromatic nitrogens is 1. The highest BCUT2D eigenvalue weighted by Gasteiger charge is 2.34. The second-order valence-corrected chi connectivity index (χ2v) is 3.62. The van der Waals surface area contributed by atoms with Gasteiger partial charge in [-0.25, -0.2) is 4.98 Å². The Labute approximate surface area is 110 Å². The van der Waals surface area contributed by atoms with E-state index in [1.807, 2.05) is 0 Å². The summed E-state index contributed by atoms with van der Waals surface area (Å²) in [5.74, 6) is -1.79. The van der Waals surface area contributed by atoms with Gasteiger partial charge >= 0.3 is 12.3 Å². The molecule has 7 nitrogen and oxygen atoms in total. The van der Waals surface area contributed by atoms with Crippen molar-refractivity contribution in [3.05, 3.63) is 27.4 Å². The predicted molar refractivity (Wildman–Crippen MR) is 58.0 cm³/mol. The first-order chi connectivity index (χ1) is 9.14. The average Bonchev–Trinajstić information content (AvgIpc) is 2.29. The fraction of sp³-hybridized carbons (Fsp3) is 0.400. The van der Waals surface area contributed by atoms with Crippen LogP contribution in [0.25, 0.3) is 0 Å². The van der Waals surface area contributed by atoms with Crippen molar-refractivity contribution < 1.29 is 32.4 Å². The second kappa shape index (κ2) is 5.72. The Hall–Kier alpha value is -2.39. The van der Waals surface area contributed by atoms with Crippen molar-refractivity contribution in [1.82, 2.24) is 4.98 Å². The van der Waals surface area contributed by atoms with Gasteiger partial charge in [-0.05, 0) is 6.92 Å². The van der Waals surface area contributed by atoms with E-state index in [1.165, 1.54) is 0 Å². The van der Waals surface area contributed by atoms with Crippen molar-refractivity contribution in [3.63, 3.8) is 0 Å². The molecule has 0 amide bonds. The lowest BCUT2D eigenvalue weighted by Gasteiger charge is -2.12. The van der Waals surface area contributed by atoms with Crippen LogP contribution in [0.3, 0.4) is 0 Å². The maximum atomic E-state index is 12.2. The van der Waals surface area contributed by atoms with Gasteiger partial charge in [0.25, 0.3) is 5.69 Å². The molecule has 10 heteroatoms. The minimum Gasteiger partial charge on any atom is -0.469 e. The molecule has 1 heterocycles. The molecule has 0 aliphatic carbocycles. The molecule has 0 radical (unpaired) electrons. The summed E-state index contributed by atoms with van der Waals surface area (Å²) in [6, 6.07) is 0.806. The zero-order valence-corrected chi connectivity index (χ0v) is 10.4. The van der Waals surface area contributed by atoms with Gasteiger partial charge in [-0.3, -0.25) is 14.9 Å². The smallest absolute Gasteiger partial charge is 0.469 e. The van der Waals surface area contributed by atoms with Crippen LogP contribution in [0.2, 0.25) is 0 Å². The Morgan fingerprint density at radius 1 is 1.50 bits per heavy atom. The van der Waals surface area contributed by atoms with Crippen LogP contribution in [0.5, 0.6) is 5.88 Å². The molecule has 0 saturated heterocycles. The standard InChI is InChI=1S/C10H9F3N2O5/c1-5-7(15(17)18)3-6(4-8(16)19-2)9(14-5)20-10(11,12)13/h3H,4H2,1-2H3. The lowest BCUT2D eigenvalue weighted by atomic mass is 10.1. The molecule has 0 saturated carbocycles. The number of methoxy groups -OCH3 is 1. The molecule has 1 aromatic rings. The molecular formula is C10H9F3N2O5. The molecule has 0 spiro atoms. The van der Waals surface area contributed by atoms with Crippen molar-refractivity contribution >= 4 is 11.7 Å². The van der Waals surface area contributed by atoms with Gasteiger partial charge in [0.2, 0.25) is 5.88 Å². The number of hydrogen-bond acceptors (Lipinski definition) is 6. The topological polar surface area (TPSA) is 91.6 Å². The van der Waals surface area contributed by atoms with Crippen LogP contribution in [0.4, 0.5) is 18.9 Å². The summed E-state index contributed by atoms with van der Waals surface area (Å²) in [6.07, 6.45) is -5.66. The number of nitro groups is 1. The summed E-state index contributed by atoms with van der Waals surface area (Å²) in [6.45, 7) is 1.16. The van der Waals surface area contributed by atoms with E-state index in [9.17, 15) is 28.1 Å². The maximum Gasteiger partial charge on any atom is 0.574 e. The normalized spacial score (nSPS) is 11.1. The SMILES string of the molecule is COC(=O)Cc1cc([N+](=O)[O-])c(C)nc1OC(F)(F)F. The van der Waals surface area contributed by atoms with E-state index in [1.54, 1.807) is 0 Å². The molecule has 0 N–H and O–H groups in total. The molecule has 20 heavy (non-hydrogen) atoms. The highest BCUT2D eigenvalue weighted by molar-refractivity contribution is 5.73. The molecule has 110 valence electrons. The fourth-order valence-electron chi connectivity index (χ4n) is 1.35. The number of ether oxygens (including phenoxy) is 2. The van der Waals surface area contributed by atoms with Gasteiger partial charge in [0.05, 0.1) is 18.5 Å². The van der Waals surface area contributed by atoms with E-state index >= 15 is 0 Å². The van der Waals surface area contributed by atoms with E-state index in [4.69, 9.17) is 0 Å². The molecule has 0 bridgehead atoms. The number of alkyl halides is 3. The van der Waals surface area contributed by atoms with Crippen LogP contribution < -0.4 is 4.74 Å². The lowest BCUT2D eigenvalue weighted by Crippen LogP contribution is -2.20. The van der Waals surface area contributed by atoms with Crippen LogP contribution in [0, 0.1) is 17.0 Å². The Bertz CT molecular complexity index is 544. The summed E-state index contributed by atoms with van der Waals surface area (Å²) in [5.41, 5.74) is -1.16. The van der Waals surface area contributed by atoms with Crippen LogP contribution in [0.1, 0.15) is 11.3 Å². The van der Waals surface area contributed by atoms with Crippen LogP contribution in [-0.4, -0.2) is 29.3 Å². The fourth-order valence-corrected chi connectivity index (χ4v) is 1.35. The number of nitrogens with zero attached hydrogens (tertiary/aromatic N) is 2. The van der Waals surface area contributed by atoms with Crippen molar-refractivity contribution in [3.8, 4) is 5.88 Å².